The third-order valence-corrected chi connectivity index (χ3v) is 5.14. The smallest absolute Gasteiger partial charge is 0.407 e. The molecular formula is C19H29N3O2. The fourth-order valence-corrected chi connectivity index (χ4v) is 3.48. The van der Waals surface area contributed by atoms with Gasteiger partial charge in [-0.25, -0.2) is 4.79 Å². The molecule has 0 bridgehead atoms. The zero-order valence-corrected chi connectivity index (χ0v) is 14.5. The minimum atomic E-state index is -0.312. The third-order valence-electron chi connectivity index (χ3n) is 5.14. The first kappa shape index (κ1) is 17.2. The summed E-state index contributed by atoms with van der Waals surface area (Å²) in [5.74, 6) is 0. The van der Waals surface area contributed by atoms with Crippen molar-refractivity contribution in [3.8, 4) is 0 Å². The Morgan fingerprint density at radius 2 is 1.92 bits per heavy atom. The lowest BCUT2D eigenvalue weighted by Crippen LogP contribution is -2.54. The first-order chi connectivity index (χ1) is 11.7. The molecule has 0 aromatic heterocycles. The zero-order valence-electron chi connectivity index (χ0n) is 14.5. The Kier molecular flexibility index (Phi) is 6.10. The first-order valence-corrected chi connectivity index (χ1v) is 9.15. The van der Waals surface area contributed by atoms with Gasteiger partial charge >= 0.3 is 6.09 Å². The average Bonchev–Trinajstić information content (AvgIpc) is 3.10. The summed E-state index contributed by atoms with van der Waals surface area (Å²) in [6.45, 7) is 6.15. The molecule has 1 atom stereocenters. The minimum Gasteiger partial charge on any atom is -0.445 e. The maximum atomic E-state index is 11.8. The van der Waals surface area contributed by atoms with E-state index in [9.17, 15) is 4.79 Å². The quantitative estimate of drug-likeness (QED) is 0.806. The SMILES string of the molecule is CC(CNC1CC(NC(=O)OCc2ccccc2)C1)N1CCCC1. The van der Waals surface area contributed by atoms with Crippen LogP contribution in [0.5, 0.6) is 0 Å². The lowest BCUT2D eigenvalue weighted by atomic mass is 9.87. The molecule has 24 heavy (non-hydrogen) atoms. The van der Waals surface area contributed by atoms with E-state index in [1.54, 1.807) is 0 Å². The number of benzene rings is 1. The highest BCUT2D eigenvalue weighted by Gasteiger charge is 2.31. The predicted molar refractivity (Wildman–Crippen MR) is 94.8 cm³/mol. The van der Waals surface area contributed by atoms with Gasteiger partial charge < -0.3 is 15.4 Å². The molecule has 1 aromatic carbocycles. The van der Waals surface area contributed by atoms with Gasteiger partial charge in [0.15, 0.2) is 0 Å². The normalized spacial score (nSPS) is 25.0. The number of alkyl carbamates (subject to hydrolysis) is 1. The van der Waals surface area contributed by atoms with E-state index < -0.39 is 0 Å². The Labute approximate surface area is 144 Å². The van der Waals surface area contributed by atoms with E-state index in [0.717, 1.165) is 24.9 Å². The maximum absolute atomic E-state index is 11.8. The molecule has 1 amide bonds. The number of hydrogen-bond acceptors (Lipinski definition) is 4. The summed E-state index contributed by atoms with van der Waals surface area (Å²) in [6, 6.07) is 11.1. The molecule has 2 N–H and O–H groups in total. The van der Waals surface area contributed by atoms with Gasteiger partial charge in [-0.2, -0.15) is 0 Å². The van der Waals surface area contributed by atoms with Crippen LogP contribution in [-0.2, 0) is 11.3 Å². The standard InChI is InChI=1S/C19H29N3O2/c1-15(22-9-5-6-10-22)13-20-17-11-18(12-17)21-19(23)24-14-16-7-3-2-4-8-16/h2-4,7-8,15,17-18,20H,5-6,9-14H2,1H3,(H,21,23). The summed E-state index contributed by atoms with van der Waals surface area (Å²) < 4.78 is 5.26. The van der Waals surface area contributed by atoms with Gasteiger partial charge in [-0.1, -0.05) is 30.3 Å². The van der Waals surface area contributed by atoms with Crippen molar-refractivity contribution in [2.24, 2.45) is 0 Å². The number of rotatable bonds is 7. The van der Waals surface area contributed by atoms with Crippen LogP contribution in [0.1, 0.15) is 38.2 Å². The van der Waals surface area contributed by atoms with Gasteiger partial charge in [0.05, 0.1) is 0 Å². The highest BCUT2D eigenvalue weighted by atomic mass is 16.5. The monoisotopic (exact) mass is 331 g/mol. The van der Waals surface area contributed by atoms with Crippen LogP contribution in [0.15, 0.2) is 30.3 Å². The summed E-state index contributed by atoms with van der Waals surface area (Å²) in [7, 11) is 0. The van der Waals surface area contributed by atoms with E-state index in [1.807, 2.05) is 30.3 Å². The van der Waals surface area contributed by atoms with Gasteiger partial charge in [0.2, 0.25) is 0 Å². The molecule has 1 unspecified atom stereocenters. The van der Waals surface area contributed by atoms with Gasteiger partial charge in [-0.15, -0.1) is 0 Å². The third kappa shape index (κ3) is 4.95. The van der Waals surface area contributed by atoms with Crippen molar-refractivity contribution in [2.75, 3.05) is 19.6 Å². The molecule has 5 heteroatoms. The van der Waals surface area contributed by atoms with Crippen LogP contribution in [0.4, 0.5) is 4.79 Å². The highest BCUT2D eigenvalue weighted by molar-refractivity contribution is 5.67. The molecule has 0 spiro atoms. The summed E-state index contributed by atoms with van der Waals surface area (Å²) in [4.78, 5) is 14.4. The Morgan fingerprint density at radius 3 is 2.62 bits per heavy atom. The van der Waals surface area contributed by atoms with E-state index in [-0.39, 0.29) is 12.1 Å². The summed E-state index contributed by atoms with van der Waals surface area (Å²) >= 11 is 0. The Bertz CT molecular complexity index is 511. The van der Waals surface area contributed by atoms with Crippen molar-refractivity contribution in [3.05, 3.63) is 35.9 Å². The summed E-state index contributed by atoms with van der Waals surface area (Å²) in [5.41, 5.74) is 1.01. The second kappa shape index (κ2) is 8.49. The lowest BCUT2D eigenvalue weighted by molar-refractivity contribution is 0.124. The second-order valence-electron chi connectivity index (χ2n) is 7.07. The van der Waals surface area contributed by atoms with E-state index in [2.05, 4.69) is 22.5 Å². The number of carbonyl (C=O) groups excluding carboxylic acids is 1. The second-order valence-corrected chi connectivity index (χ2v) is 7.07. The van der Waals surface area contributed by atoms with Crippen molar-refractivity contribution < 1.29 is 9.53 Å². The van der Waals surface area contributed by atoms with Crippen LogP contribution in [0.3, 0.4) is 0 Å². The molecule has 1 saturated heterocycles. The molecular weight excluding hydrogens is 302 g/mol. The van der Waals surface area contributed by atoms with Crippen LogP contribution in [0, 0.1) is 0 Å². The van der Waals surface area contributed by atoms with Crippen LogP contribution >= 0.6 is 0 Å². The van der Waals surface area contributed by atoms with Crippen LogP contribution in [-0.4, -0.2) is 48.8 Å². The Morgan fingerprint density at radius 1 is 1.21 bits per heavy atom. The van der Waals surface area contributed by atoms with Crippen molar-refractivity contribution in [1.29, 1.82) is 0 Å². The molecule has 132 valence electrons. The Hall–Kier alpha value is -1.59. The molecule has 1 heterocycles. The number of nitrogens with zero attached hydrogens (tertiary/aromatic N) is 1. The fraction of sp³-hybridized carbons (Fsp3) is 0.632. The van der Waals surface area contributed by atoms with Crippen molar-refractivity contribution >= 4 is 6.09 Å². The van der Waals surface area contributed by atoms with Gasteiger partial charge in [0.1, 0.15) is 6.61 Å². The molecule has 1 aromatic rings. The predicted octanol–water partition coefficient (Wildman–Crippen LogP) is 2.52. The number of carbonyl (C=O) groups is 1. The number of nitrogens with one attached hydrogen (secondary N) is 2. The van der Waals surface area contributed by atoms with Gasteiger partial charge in [-0.05, 0) is 51.3 Å². The lowest BCUT2D eigenvalue weighted by Gasteiger charge is -2.37. The highest BCUT2D eigenvalue weighted by Crippen LogP contribution is 2.20. The van der Waals surface area contributed by atoms with E-state index in [0.29, 0.717) is 18.7 Å². The fourth-order valence-electron chi connectivity index (χ4n) is 3.48. The zero-order chi connectivity index (χ0) is 16.8. The molecule has 2 fully saturated rings. The van der Waals surface area contributed by atoms with E-state index in [4.69, 9.17) is 4.74 Å². The molecule has 3 rings (SSSR count). The molecule has 1 saturated carbocycles. The van der Waals surface area contributed by atoms with Gasteiger partial charge in [0.25, 0.3) is 0 Å². The van der Waals surface area contributed by atoms with Crippen LogP contribution in [0.2, 0.25) is 0 Å². The Balaban J connectivity index is 1.26. The topological polar surface area (TPSA) is 53.6 Å². The van der Waals surface area contributed by atoms with E-state index in [1.165, 1.54) is 25.9 Å². The molecule has 2 aliphatic rings. The minimum absolute atomic E-state index is 0.243. The van der Waals surface area contributed by atoms with Crippen molar-refractivity contribution in [3.63, 3.8) is 0 Å². The van der Waals surface area contributed by atoms with Crippen LogP contribution in [0.25, 0.3) is 0 Å². The molecule has 1 aliphatic carbocycles. The summed E-state index contributed by atoms with van der Waals surface area (Å²) in [5, 5.41) is 6.57. The molecule has 0 radical (unpaired) electrons. The molecule has 5 nitrogen and oxygen atoms in total. The van der Waals surface area contributed by atoms with Crippen molar-refractivity contribution in [1.82, 2.24) is 15.5 Å². The van der Waals surface area contributed by atoms with E-state index >= 15 is 0 Å². The average molecular weight is 331 g/mol. The maximum Gasteiger partial charge on any atom is 0.407 e. The number of ether oxygens (including phenoxy) is 1. The van der Waals surface area contributed by atoms with Crippen molar-refractivity contribution in [2.45, 2.75) is 57.3 Å². The first-order valence-electron chi connectivity index (χ1n) is 9.15. The number of hydrogen-bond donors (Lipinski definition) is 2. The molecule has 1 aliphatic heterocycles. The number of likely N-dealkylation sites (tertiary alicyclic amines) is 1. The largest absolute Gasteiger partial charge is 0.445 e. The number of amides is 1. The van der Waals surface area contributed by atoms with Crippen LogP contribution < -0.4 is 10.6 Å². The van der Waals surface area contributed by atoms with Gasteiger partial charge in [0, 0.05) is 24.7 Å². The summed E-state index contributed by atoms with van der Waals surface area (Å²) in [6.07, 6.45) is 4.35. The van der Waals surface area contributed by atoms with Gasteiger partial charge in [-0.3, -0.25) is 4.90 Å².